The van der Waals surface area contributed by atoms with Crippen molar-refractivity contribution in [3.8, 4) is 6.07 Å². The molecule has 2 aromatic heterocycles. The first-order valence-electron chi connectivity index (χ1n) is 15.2. The molecule has 45 heavy (non-hydrogen) atoms. The maximum Gasteiger partial charge on any atom is 0.109 e. The Kier molecular flexibility index (Phi) is 8.95. The van der Waals surface area contributed by atoms with Crippen LogP contribution >= 0.6 is 23.2 Å². The summed E-state index contributed by atoms with van der Waals surface area (Å²) in [4.78, 5) is 7.05. The average Bonchev–Trinajstić information content (AvgIpc) is 3.53. The summed E-state index contributed by atoms with van der Waals surface area (Å²) in [5.74, 6) is 0. The minimum atomic E-state index is -0.283. The highest BCUT2D eigenvalue weighted by Gasteiger charge is 2.29. The molecule has 1 atom stereocenters. The molecule has 10 heteroatoms. The summed E-state index contributed by atoms with van der Waals surface area (Å²) < 4.78 is 2.03. The first kappa shape index (κ1) is 30.8. The molecule has 3 heterocycles. The van der Waals surface area contributed by atoms with Gasteiger partial charge in [0.05, 0.1) is 40.1 Å². The van der Waals surface area contributed by atoms with E-state index in [-0.39, 0.29) is 11.6 Å². The maximum atomic E-state index is 9.95. The summed E-state index contributed by atoms with van der Waals surface area (Å²) in [5, 5.41) is 28.2. The highest BCUT2D eigenvalue weighted by Crippen LogP contribution is 2.36. The van der Waals surface area contributed by atoms with Gasteiger partial charge in [-0.2, -0.15) is 5.26 Å². The van der Waals surface area contributed by atoms with Gasteiger partial charge in [-0.25, -0.2) is 4.68 Å². The number of nitrogens with zero attached hydrogens (tertiary/aromatic N) is 6. The van der Waals surface area contributed by atoms with E-state index in [0.29, 0.717) is 39.4 Å². The lowest BCUT2D eigenvalue weighted by atomic mass is 9.98. The zero-order valence-corrected chi connectivity index (χ0v) is 27.1. The van der Waals surface area contributed by atoms with E-state index in [0.717, 1.165) is 53.8 Å². The predicted octanol–water partition coefficient (Wildman–Crippen LogP) is 8.25. The third-order valence-corrected chi connectivity index (χ3v) is 9.17. The normalized spacial score (nSPS) is 15.1. The third kappa shape index (κ3) is 6.76. The number of fused-ring (bicyclic) bond motifs is 1. The number of piperidine rings is 1. The summed E-state index contributed by atoms with van der Waals surface area (Å²) in [6, 6.07) is 24.0. The number of nitriles is 1. The van der Waals surface area contributed by atoms with Gasteiger partial charge in [-0.1, -0.05) is 76.9 Å². The van der Waals surface area contributed by atoms with Crippen LogP contribution < -0.4 is 10.6 Å². The number of aromatic nitrogens is 4. The molecule has 230 valence electrons. The van der Waals surface area contributed by atoms with Crippen molar-refractivity contribution in [3.05, 3.63) is 112 Å². The Bertz CT molecular complexity index is 1830. The molecule has 8 nitrogen and oxygen atoms in total. The number of benzene rings is 3. The molecule has 0 unspecified atom stereocenters. The lowest BCUT2D eigenvalue weighted by Crippen LogP contribution is -2.46. The second-order valence-corrected chi connectivity index (χ2v) is 13.3. The maximum absolute atomic E-state index is 9.95. The van der Waals surface area contributed by atoms with E-state index in [1.54, 1.807) is 6.20 Å². The number of hydrogen-bond donors (Lipinski definition) is 2. The van der Waals surface area contributed by atoms with E-state index in [1.165, 1.54) is 0 Å². The molecule has 1 fully saturated rings. The summed E-state index contributed by atoms with van der Waals surface area (Å²) in [6.45, 7) is 9.31. The molecule has 3 aromatic carbocycles. The van der Waals surface area contributed by atoms with Crippen molar-refractivity contribution in [2.75, 3.05) is 23.7 Å². The van der Waals surface area contributed by atoms with Crippen molar-refractivity contribution in [1.29, 1.82) is 5.26 Å². The minimum absolute atomic E-state index is 0.162. The van der Waals surface area contributed by atoms with Gasteiger partial charge in [0.15, 0.2) is 0 Å². The molecular weight excluding hydrogens is 603 g/mol. The number of hydrogen-bond acceptors (Lipinski definition) is 7. The van der Waals surface area contributed by atoms with Crippen LogP contribution in [-0.4, -0.2) is 43.5 Å². The summed E-state index contributed by atoms with van der Waals surface area (Å²) in [7, 11) is 0. The molecule has 1 aliphatic rings. The fourth-order valence-electron chi connectivity index (χ4n) is 5.99. The van der Waals surface area contributed by atoms with E-state index in [1.807, 2.05) is 59.3 Å². The van der Waals surface area contributed by atoms with Crippen LogP contribution in [0.5, 0.6) is 0 Å². The Morgan fingerprint density at radius 3 is 2.44 bits per heavy atom. The van der Waals surface area contributed by atoms with Crippen LogP contribution in [-0.2, 0) is 6.54 Å². The van der Waals surface area contributed by atoms with Crippen LogP contribution in [0.3, 0.4) is 0 Å². The Balaban J connectivity index is 1.32. The van der Waals surface area contributed by atoms with Crippen molar-refractivity contribution < 1.29 is 0 Å². The van der Waals surface area contributed by atoms with Gasteiger partial charge in [0.2, 0.25) is 0 Å². The number of likely N-dealkylation sites (tertiary alicyclic amines) is 1. The highest BCUT2D eigenvalue weighted by atomic mass is 35.5. The second kappa shape index (κ2) is 13.1. The standard InChI is InChI=1S/C35H36Cl2N8/c1-35(2,3)44-15-13-27(14-16-44)45-22-31(42-43-45)33(23-9-5-4-6-10-23)41-26-17-28-32(39-20-24-11-7-8-12-29(24)36)25(19-38)21-40-34(28)30(37)18-26/h4-12,17-18,21-22,27,33,41H,13-16,20H2,1-3H3,(H,39,40)/t33-/m0/s1. The van der Waals surface area contributed by atoms with Gasteiger partial charge < -0.3 is 10.6 Å². The SMILES string of the molecule is CC(C)(C)N1CCC(n2cc([C@@H](Nc3cc(Cl)c4ncc(C#N)c(NCc5ccccc5Cl)c4c3)c3ccccc3)nn2)CC1. The fourth-order valence-corrected chi connectivity index (χ4v) is 6.46. The van der Waals surface area contributed by atoms with Crippen LogP contribution in [0, 0.1) is 11.3 Å². The van der Waals surface area contributed by atoms with E-state index in [4.69, 9.17) is 23.2 Å². The van der Waals surface area contributed by atoms with Gasteiger partial charge in [-0.05, 0) is 62.9 Å². The van der Waals surface area contributed by atoms with Crippen LogP contribution in [0.1, 0.15) is 68.1 Å². The molecule has 0 aliphatic carbocycles. The van der Waals surface area contributed by atoms with Gasteiger partial charge in [-0.3, -0.25) is 9.88 Å². The summed E-state index contributed by atoms with van der Waals surface area (Å²) >= 11 is 13.2. The quantitative estimate of drug-likeness (QED) is 0.177. The topological polar surface area (TPSA) is 94.7 Å². The Hall–Kier alpha value is -4.16. The van der Waals surface area contributed by atoms with Crippen LogP contribution in [0.25, 0.3) is 10.9 Å². The first-order valence-corrected chi connectivity index (χ1v) is 15.9. The smallest absolute Gasteiger partial charge is 0.109 e. The van der Waals surface area contributed by atoms with Crippen molar-refractivity contribution in [2.24, 2.45) is 0 Å². The highest BCUT2D eigenvalue weighted by molar-refractivity contribution is 6.36. The lowest BCUT2D eigenvalue weighted by Gasteiger charge is -2.40. The molecule has 0 bridgehead atoms. The van der Waals surface area contributed by atoms with Crippen molar-refractivity contribution in [2.45, 2.75) is 57.8 Å². The molecule has 5 aromatic rings. The Morgan fingerprint density at radius 1 is 1.00 bits per heavy atom. The predicted molar refractivity (Wildman–Crippen MR) is 182 cm³/mol. The molecule has 0 spiro atoms. The summed E-state index contributed by atoms with van der Waals surface area (Å²) in [6.07, 6.45) is 5.67. The van der Waals surface area contributed by atoms with Crippen LogP contribution in [0.2, 0.25) is 10.0 Å². The molecule has 0 saturated carbocycles. The van der Waals surface area contributed by atoms with Gasteiger partial charge >= 0.3 is 0 Å². The number of nitrogens with one attached hydrogen (secondary N) is 2. The van der Waals surface area contributed by atoms with E-state index >= 15 is 0 Å². The zero-order valence-electron chi connectivity index (χ0n) is 25.6. The van der Waals surface area contributed by atoms with Crippen molar-refractivity contribution >= 4 is 45.5 Å². The molecule has 0 amide bonds. The van der Waals surface area contributed by atoms with E-state index in [9.17, 15) is 5.26 Å². The molecule has 6 rings (SSSR count). The van der Waals surface area contributed by atoms with E-state index in [2.05, 4.69) is 76.0 Å². The number of rotatable bonds is 8. The molecular formula is C35H36Cl2N8. The van der Waals surface area contributed by atoms with Gasteiger partial charge in [0.25, 0.3) is 0 Å². The van der Waals surface area contributed by atoms with E-state index < -0.39 is 0 Å². The largest absolute Gasteiger partial charge is 0.379 e. The Labute approximate surface area is 274 Å². The minimum Gasteiger partial charge on any atom is -0.379 e. The van der Waals surface area contributed by atoms with Crippen LogP contribution in [0.15, 0.2) is 79.1 Å². The molecule has 2 N–H and O–H groups in total. The number of anilines is 2. The lowest BCUT2D eigenvalue weighted by molar-refractivity contribution is 0.0866. The fraction of sp³-hybridized carbons (Fsp3) is 0.314. The second-order valence-electron chi connectivity index (χ2n) is 12.5. The zero-order chi connectivity index (χ0) is 31.6. The van der Waals surface area contributed by atoms with Crippen molar-refractivity contribution in [1.82, 2.24) is 24.9 Å². The number of halogens is 2. The van der Waals surface area contributed by atoms with Gasteiger partial charge in [0, 0.05) is 47.5 Å². The Morgan fingerprint density at radius 2 is 1.73 bits per heavy atom. The van der Waals surface area contributed by atoms with Gasteiger partial charge in [-0.15, -0.1) is 5.10 Å². The molecule has 1 saturated heterocycles. The number of pyridine rings is 1. The van der Waals surface area contributed by atoms with Gasteiger partial charge in [0.1, 0.15) is 11.8 Å². The third-order valence-electron chi connectivity index (χ3n) is 8.51. The van der Waals surface area contributed by atoms with Crippen molar-refractivity contribution in [3.63, 3.8) is 0 Å². The summed E-state index contributed by atoms with van der Waals surface area (Å²) in [5.41, 5.74) is 5.39. The first-order chi connectivity index (χ1) is 21.7. The average molecular weight is 640 g/mol. The molecule has 1 aliphatic heterocycles. The molecule has 0 radical (unpaired) electrons. The monoisotopic (exact) mass is 638 g/mol. The van der Waals surface area contributed by atoms with Crippen LogP contribution in [0.4, 0.5) is 11.4 Å².